The van der Waals surface area contributed by atoms with Gasteiger partial charge < -0.3 is 0 Å². The monoisotopic (exact) mass is 214 g/mol. The third-order valence-electron chi connectivity index (χ3n) is 2.39. The highest BCUT2D eigenvalue weighted by molar-refractivity contribution is 5.95. The van der Waals surface area contributed by atoms with E-state index in [1.807, 2.05) is 43.3 Å². The largest absolute Gasteiger partial charge is 0.295 e. The van der Waals surface area contributed by atoms with E-state index in [9.17, 15) is 4.79 Å². The van der Waals surface area contributed by atoms with Gasteiger partial charge in [0.2, 0.25) is 0 Å². The van der Waals surface area contributed by atoms with Crippen molar-refractivity contribution < 1.29 is 4.79 Å². The van der Waals surface area contributed by atoms with E-state index in [0.717, 1.165) is 12.0 Å². The lowest BCUT2D eigenvalue weighted by Gasteiger charge is -2.05. The van der Waals surface area contributed by atoms with Crippen LogP contribution in [0.2, 0.25) is 0 Å². The molecule has 0 aliphatic heterocycles. The molecule has 16 heavy (non-hydrogen) atoms. The Balaban J connectivity index is 2.77. The van der Waals surface area contributed by atoms with Crippen LogP contribution >= 0.6 is 0 Å². The number of carbonyl (C=O) groups excluding carboxylic acids is 1. The van der Waals surface area contributed by atoms with Crippen molar-refractivity contribution >= 4 is 5.78 Å². The molecule has 0 radical (unpaired) electrons. The van der Waals surface area contributed by atoms with Crippen LogP contribution in [0.15, 0.2) is 54.6 Å². The van der Waals surface area contributed by atoms with Crippen LogP contribution in [0, 0.1) is 0 Å². The highest BCUT2D eigenvalue weighted by Gasteiger charge is 2.08. The summed E-state index contributed by atoms with van der Waals surface area (Å²) in [6, 6.07) is 10.0. The first kappa shape index (κ1) is 12.4. The summed E-state index contributed by atoms with van der Waals surface area (Å²) in [5.41, 5.74) is 2.02. The van der Waals surface area contributed by atoms with Gasteiger partial charge in [0, 0.05) is 12.8 Å². The number of rotatable bonds is 6. The molecule has 1 rings (SSSR count). The fourth-order valence-electron chi connectivity index (χ4n) is 1.60. The molecule has 0 unspecified atom stereocenters. The smallest absolute Gasteiger partial charge is 0.159 e. The average molecular weight is 214 g/mol. The van der Waals surface area contributed by atoms with Crippen molar-refractivity contribution in [3.63, 3.8) is 0 Å². The Morgan fingerprint density at radius 1 is 1.31 bits per heavy atom. The van der Waals surface area contributed by atoms with Crippen LogP contribution < -0.4 is 0 Å². The third-order valence-corrected chi connectivity index (χ3v) is 2.39. The topological polar surface area (TPSA) is 17.1 Å². The summed E-state index contributed by atoms with van der Waals surface area (Å²) in [5, 5.41) is 0. The van der Waals surface area contributed by atoms with Crippen LogP contribution in [-0.4, -0.2) is 5.78 Å². The second-order valence-electron chi connectivity index (χ2n) is 3.76. The molecule has 0 bridgehead atoms. The Labute approximate surface area is 97.5 Å². The van der Waals surface area contributed by atoms with Crippen molar-refractivity contribution in [1.82, 2.24) is 0 Å². The zero-order chi connectivity index (χ0) is 11.8. The summed E-state index contributed by atoms with van der Waals surface area (Å²) in [5.74, 6) is 0.228. The number of benzene rings is 1. The van der Waals surface area contributed by atoms with Crippen molar-refractivity contribution in [2.75, 3.05) is 0 Å². The maximum Gasteiger partial charge on any atom is 0.159 e. The summed E-state index contributed by atoms with van der Waals surface area (Å²) in [6.45, 7) is 5.68. The van der Waals surface area contributed by atoms with Gasteiger partial charge in [-0.15, -0.1) is 0 Å². The Kier molecular flexibility index (Phi) is 5.27. The van der Waals surface area contributed by atoms with Crippen molar-refractivity contribution in [3.8, 4) is 0 Å². The SMILES string of the molecule is C=C/C=C(\Cc1ccccc1)C(=O)CCC. The van der Waals surface area contributed by atoms with Gasteiger partial charge in [0.05, 0.1) is 0 Å². The molecule has 0 heterocycles. The number of ketones is 1. The first-order chi connectivity index (χ1) is 7.77. The van der Waals surface area contributed by atoms with Gasteiger partial charge in [0.25, 0.3) is 0 Å². The Morgan fingerprint density at radius 3 is 2.56 bits per heavy atom. The molecular formula is C15H18O. The molecule has 0 aromatic heterocycles. The van der Waals surface area contributed by atoms with E-state index in [4.69, 9.17) is 0 Å². The van der Waals surface area contributed by atoms with E-state index in [-0.39, 0.29) is 5.78 Å². The molecule has 0 saturated carbocycles. The van der Waals surface area contributed by atoms with Crippen LogP contribution in [-0.2, 0) is 11.2 Å². The molecule has 0 atom stereocenters. The zero-order valence-corrected chi connectivity index (χ0v) is 9.78. The van der Waals surface area contributed by atoms with Crippen molar-refractivity contribution in [2.24, 2.45) is 0 Å². The predicted octanol–water partition coefficient (Wildman–Crippen LogP) is 3.71. The van der Waals surface area contributed by atoms with E-state index in [0.29, 0.717) is 12.8 Å². The minimum atomic E-state index is 0.228. The normalized spacial score (nSPS) is 11.2. The lowest BCUT2D eigenvalue weighted by Crippen LogP contribution is -2.04. The predicted molar refractivity (Wildman–Crippen MR) is 68.3 cm³/mol. The Bertz CT molecular complexity index is 374. The molecule has 0 amide bonds. The quantitative estimate of drug-likeness (QED) is 0.521. The Morgan fingerprint density at radius 2 is 2.00 bits per heavy atom. The van der Waals surface area contributed by atoms with Gasteiger partial charge in [0.15, 0.2) is 5.78 Å². The van der Waals surface area contributed by atoms with Crippen LogP contribution in [0.1, 0.15) is 25.3 Å². The first-order valence-corrected chi connectivity index (χ1v) is 5.66. The summed E-state index contributed by atoms with van der Waals surface area (Å²) >= 11 is 0. The molecule has 1 nitrogen and oxygen atoms in total. The first-order valence-electron chi connectivity index (χ1n) is 5.66. The van der Waals surface area contributed by atoms with Gasteiger partial charge in [-0.05, 0) is 17.6 Å². The molecule has 0 N–H and O–H groups in total. The van der Waals surface area contributed by atoms with Crippen molar-refractivity contribution in [1.29, 1.82) is 0 Å². The summed E-state index contributed by atoms with van der Waals surface area (Å²) in [7, 11) is 0. The maximum atomic E-state index is 11.8. The molecule has 1 heteroatoms. The molecular weight excluding hydrogens is 196 g/mol. The number of allylic oxidation sites excluding steroid dienone is 3. The number of carbonyl (C=O) groups is 1. The molecule has 1 aromatic rings. The fourth-order valence-corrected chi connectivity index (χ4v) is 1.60. The number of Topliss-reactive ketones (excluding diaryl/α,β-unsaturated/α-hetero) is 1. The maximum absolute atomic E-state index is 11.8. The van der Waals surface area contributed by atoms with Crippen molar-refractivity contribution in [3.05, 3.63) is 60.2 Å². The summed E-state index contributed by atoms with van der Waals surface area (Å²) < 4.78 is 0. The zero-order valence-electron chi connectivity index (χ0n) is 9.78. The molecule has 0 saturated heterocycles. The summed E-state index contributed by atoms with van der Waals surface area (Å²) in [6.07, 6.45) is 5.72. The molecule has 1 aromatic carbocycles. The number of hydrogen-bond acceptors (Lipinski definition) is 1. The fraction of sp³-hybridized carbons (Fsp3) is 0.267. The van der Waals surface area contributed by atoms with Gasteiger partial charge >= 0.3 is 0 Å². The van der Waals surface area contributed by atoms with Gasteiger partial charge in [-0.25, -0.2) is 0 Å². The summed E-state index contributed by atoms with van der Waals surface area (Å²) in [4.78, 5) is 11.8. The average Bonchev–Trinajstić information content (AvgIpc) is 2.30. The number of hydrogen-bond donors (Lipinski definition) is 0. The van der Waals surface area contributed by atoms with E-state index in [1.54, 1.807) is 6.08 Å². The highest BCUT2D eigenvalue weighted by atomic mass is 16.1. The standard InChI is InChI=1S/C15H18O/c1-3-8-14(15(16)9-4-2)12-13-10-6-5-7-11-13/h3,5-8,10-11H,1,4,9,12H2,2H3/b14-8+. The molecule has 84 valence electrons. The van der Waals surface area contributed by atoms with Gasteiger partial charge in [0.1, 0.15) is 0 Å². The van der Waals surface area contributed by atoms with Crippen LogP contribution in [0.4, 0.5) is 0 Å². The molecule has 0 fully saturated rings. The van der Waals surface area contributed by atoms with E-state index < -0.39 is 0 Å². The van der Waals surface area contributed by atoms with E-state index in [1.165, 1.54) is 5.56 Å². The second-order valence-corrected chi connectivity index (χ2v) is 3.76. The van der Waals surface area contributed by atoms with Gasteiger partial charge in [-0.1, -0.05) is 56.0 Å². The third kappa shape index (κ3) is 3.85. The van der Waals surface area contributed by atoms with Gasteiger partial charge in [-0.2, -0.15) is 0 Å². The minimum Gasteiger partial charge on any atom is -0.295 e. The minimum absolute atomic E-state index is 0.228. The van der Waals surface area contributed by atoms with Gasteiger partial charge in [-0.3, -0.25) is 4.79 Å². The highest BCUT2D eigenvalue weighted by Crippen LogP contribution is 2.11. The molecule has 0 aliphatic carbocycles. The van der Waals surface area contributed by atoms with Crippen molar-refractivity contribution in [2.45, 2.75) is 26.2 Å². The van der Waals surface area contributed by atoms with E-state index in [2.05, 4.69) is 6.58 Å². The van der Waals surface area contributed by atoms with Crippen LogP contribution in [0.3, 0.4) is 0 Å². The lowest BCUT2D eigenvalue weighted by molar-refractivity contribution is -0.115. The molecule has 0 spiro atoms. The Hall–Kier alpha value is -1.63. The lowest BCUT2D eigenvalue weighted by atomic mass is 9.99. The van der Waals surface area contributed by atoms with E-state index >= 15 is 0 Å². The molecule has 0 aliphatic rings. The van der Waals surface area contributed by atoms with Crippen LogP contribution in [0.25, 0.3) is 0 Å². The van der Waals surface area contributed by atoms with Crippen LogP contribution in [0.5, 0.6) is 0 Å². The second kappa shape index (κ2) is 6.78.